The van der Waals surface area contributed by atoms with Gasteiger partial charge in [-0.05, 0) is 64.7 Å². The number of nitrogens with one attached hydrogen (secondary N) is 1. The number of phenols is 1. The Bertz CT molecular complexity index is 1760. The highest BCUT2D eigenvalue weighted by molar-refractivity contribution is 9.10. The highest BCUT2D eigenvalue weighted by Crippen LogP contribution is 2.63. The molecule has 0 spiro atoms. The lowest BCUT2D eigenvalue weighted by molar-refractivity contribution is -0.122. The van der Waals surface area contributed by atoms with E-state index in [2.05, 4.69) is 26.5 Å². The maximum absolute atomic E-state index is 14.3. The van der Waals surface area contributed by atoms with E-state index in [1.54, 1.807) is 12.3 Å². The van der Waals surface area contributed by atoms with Gasteiger partial charge in [0.15, 0.2) is 0 Å². The van der Waals surface area contributed by atoms with Crippen LogP contribution < -0.4 is 10.3 Å². The number of hydrogen-bond acceptors (Lipinski definition) is 5. The van der Waals surface area contributed by atoms with Crippen molar-refractivity contribution in [3.63, 3.8) is 0 Å². The minimum Gasteiger partial charge on any atom is -0.507 e. The molecule has 0 saturated carbocycles. The summed E-state index contributed by atoms with van der Waals surface area (Å²) in [4.78, 5) is 42.5. The lowest BCUT2D eigenvalue weighted by Gasteiger charge is -2.52. The van der Waals surface area contributed by atoms with E-state index in [1.165, 1.54) is 36.4 Å². The van der Waals surface area contributed by atoms with Crippen molar-refractivity contribution >= 4 is 45.6 Å². The predicted molar refractivity (Wildman–Crippen MR) is 153 cm³/mol. The SMILES string of the molecule is O=C(N/N=C\C12c3ccccc3C(c3ccccc31)[C@@H]1C(=O)N(c3ccc(F)cc3)C(=O)[C@@H]12)c1cc(Br)ccc1O. The van der Waals surface area contributed by atoms with E-state index >= 15 is 0 Å². The van der Waals surface area contributed by atoms with E-state index in [0.29, 0.717) is 10.2 Å². The van der Waals surface area contributed by atoms with Crippen molar-refractivity contribution in [3.05, 3.63) is 129 Å². The van der Waals surface area contributed by atoms with Crippen molar-refractivity contribution < 1.29 is 23.9 Å². The Morgan fingerprint density at radius 1 is 0.927 bits per heavy atom. The molecule has 202 valence electrons. The molecule has 2 bridgehead atoms. The topological polar surface area (TPSA) is 99.1 Å². The summed E-state index contributed by atoms with van der Waals surface area (Å²) in [6.45, 7) is 0. The molecule has 8 rings (SSSR count). The lowest BCUT2D eigenvalue weighted by Crippen LogP contribution is -2.54. The number of hydrazone groups is 1. The number of imide groups is 1. The molecule has 0 radical (unpaired) electrons. The van der Waals surface area contributed by atoms with Gasteiger partial charge in [0, 0.05) is 16.6 Å². The van der Waals surface area contributed by atoms with Crippen LogP contribution in [0.5, 0.6) is 5.75 Å². The van der Waals surface area contributed by atoms with E-state index in [9.17, 15) is 23.9 Å². The zero-order valence-electron chi connectivity index (χ0n) is 21.3. The minimum absolute atomic E-state index is 0.0228. The fourth-order valence-electron chi connectivity index (χ4n) is 6.84. The maximum atomic E-state index is 14.3. The molecule has 3 amide bonds. The van der Waals surface area contributed by atoms with Gasteiger partial charge in [0.05, 0.1) is 28.5 Å². The van der Waals surface area contributed by atoms with Gasteiger partial charge in [0.1, 0.15) is 11.6 Å². The number of amides is 3. The second-order valence-electron chi connectivity index (χ2n) is 10.4. The van der Waals surface area contributed by atoms with Gasteiger partial charge in [0.2, 0.25) is 11.8 Å². The fraction of sp³-hybridized carbons (Fsp3) is 0.125. The van der Waals surface area contributed by atoms with Crippen LogP contribution in [0.25, 0.3) is 0 Å². The molecule has 1 aliphatic heterocycles. The van der Waals surface area contributed by atoms with Crippen molar-refractivity contribution in [2.45, 2.75) is 11.3 Å². The summed E-state index contributed by atoms with van der Waals surface area (Å²) in [5.74, 6) is -4.04. The van der Waals surface area contributed by atoms with Crippen molar-refractivity contribution in [3.8, 4) is 5.75 Å². The predicted octanol–water partition coefficient (Wildman–Crippen LogP) is 5.26. The van der Waals surface area contributed by atoms with Crippen LogP contribution in [0, 0.1) is 17.7 Å². The molecule has 2 atom stereocenters. The zero-order valence-corrected chi connectivity index (χ0v) is 22.9. The minimum atomic E-state index is -1.18. The molecule has 1 heterocycles. The number of hydrogen-bond donors (Lipinski definition) is 2. The Hall–Kier alpha value is -4.63. The number of carbonyl (C=O) groups excluding carboxylic acids is 3. The smallest absolute Gasteiger partial charge is 0.275 e. The molecule has 4 aliphatic rings. The lowest BCUT2D eigenvalue weighted by atomic mass is 9.47. The Morgan fingerprint density at radius 3 is 2.22 bits per heavy atom. The van der Waals surface area contributed by atoms with Gasteiger partial charge in [-0.1, -0.05) is 64.5 Å². The summed E-state index contributed by atoms with van der Waals surface area (Å²) in [6.07, 6.45) is 1.55. The first-order valence-electron chi connectivity index (χ1n) is 13.0. The first-order chi connectivity index (χ1) is 19.8. The van der Waals surface area contributed by atoms with Crippen LogP contribution in [0.2, 0.25) is 0 Å². The number of rotatable bonds is 4. The number of aromatic hydroxyl groups is 1. The van der Waals surface area contributed by atoms with Crippen molar-refractivity contribution in [1.29, 1.82) is 0 Å². The third kappa shape index (κ3) is 3.55. The number of carbonyl (C=O) groups is 3. The van der Waals surface area contributed by atoms with Gasteiger partial charge < -0.3 is 5.11 Å². The third-order valence-electron chi connectivity index (χ3n) is 8.41. The van der Waals surface area contributed by atoms with Crippen molar-refractivity contribution in [2.75, 3.05) is 4.90 Å². The molecule has 0 aromatic heterocycles. The molecule has 7 nitrogen and oxygen atoms in total. The molecular weight excluding hydrogens is 589 g/mol. The molecule has 1 saturated heterocycles. The normalized spacial score (nSPS) is 23.9. The van der Waals surface area contributed by atoms with E-state index in [0.717, 1.165) is 27.2 Å². The highest BCUT2D eigenvalue weighted by atomic mass is 79.9. The molecule has 41 heavy (non-hydrogen) atoms. The summed E-state index contributed by atoms with van der Waals surface area (Å²) in [6, 6.07) is 25.1. The van der Waals surface area contributed by atoms with Crippen molar-refractivity contribution in [1.82, 2.24) is 5.43 Å². The second kappa shape index (κ2) is 9.21. The first-order valence-corrected chi connectivity index (χ1v) is 13.8. The summed E-state index contributed by atoms with van der Waals surface area (Å²) < 4.78 is 14.3. The molecule has 2 N–H and O–H groups in total. The van der Waals surface area contributed by atoms with Crippen molar-refractivity contribution in [2.24, 2.45) is 16.9 Å². The summed E-state index contributed by atoms with van der Waals surface area (Å²) in [7, 11) is 0. The maximum Gasteiger partial charge on any atom is 0.275 e. The number of phenolic OH excluding ortho intramolecular Hbond substituents is 1. The summed E-state index contributed by atoms with van der Waals surface area (Å²) in [5.41, 5.74) is 5.13. The molecular formula is C32H21BrFN3O4. The van der Waals surface area contributed by atoms with Crippen LogP contribution in [0.4, 0.5) is 10.1 Å². The third-order valence-corrected chi connectivity index (χ3v) is 8.90. The number of benzene rings is 4. The zero-order chi connectivity index (χ0) is 28.5. The Morgan fingerprint density at radius 2 is 1.56 bits per heavy atom. The molecule has 9 heteroatoms. The largest absolute Gasteiger partial charge is 0.507 e. The quantitative estimate of drug-likeness (QED) is 0.187. The molecule has 3 aliphatic carbocycles. The van der Waals surface area contributed by atoms with Crippen LogP contribution >= 0.6 is 15.9 Å². The molecule has 0 unspecified atom stereocenters. The highest BCUT2D eigenvalue weighted by Gasteiger charge is 2.68. The van der Waals surface area contributed by atoms with E-state index in [-0.39, 0.29) is 23.1 Å². The van der Waals surface area contributed by atoms with Gasteiger partial charge >= 0.3 is 0 Å². The van der Waals surface area contributed by atoms with E-state index in [1.807, 2.05) is 48.5 Å². The molecule has 4 aromatic rings. The summed E-state index contributed by atoms with van der Waals surface area (Å²) >= 11 is 3.30. The average Bonchev–Trinajstić information content (AvgIpc) is 3.25. The second-order valence-corrected chi connectivity index (χ2v) is 11.3. The molecule has 1 fully saturated rings. The van der Waals surface area contributed by atoms with E-state index < -0.39 is 34.9 Å². The van der Waals surface area contributed by atoms with Crippen LogP contribution in [0.3, 0.4) is 0 Å². The average molecular weight is 610 g/mol. The van der Waals surface area contributed by atoms with Crippen LogP contribution in [0.15, 0.2) is 101 Å². The van der Waals surface area contributed by atoms with Gasteiger partial charge in [-0.3, -0.25) is 14.4 Å². The number of anilines is 1. The summed E-state index contributed by atoms with van der Waals surface area (Å²) in [5, 5.41) is 14.6. The van der Waals surface area contributed by atoms with Gasteiger partial charge in [-0.15, -0.1) is 0 Å². The fourth-order valence-corrected chi connectivity index (χ4v) is 7.20. The Balaban J connectivity index is 1.40. The van der Waals surface area contributed by atoms with Gasteiger partial charge in [-0.2, -0.15) is 5.10 Å². The van der Waals surface area contributed by atoms with Gasteiger partial charge in [0.25, 0.3) is 5.91 Å². The monoisotopic (exact) mass is 609 g/mol. The van der Waals surface area contributed by atoms with Crippen LogP contribution in [-0.4, -0.2) is 29.0 Å². The Kier molecular flexibility index (Phi) is 5.69. The van der Waals surface area contributed by atoms with Crippen LogP contribution in [0.1, 0.15) is 38.5 Å². The standard InChI is InChI=1S/C32H21BrFN3O4/c33-17-9-14-25(38)22(15-17)29(39)36-35-16-32-23-7-3-1-5-20(23)26(21-6-2-4-8-24(21)32)27-28(32)31(41)37(30(27)40)19-12-10-18(34)11-13-19/h1-16,26-28,38H,(H,36,39)/b35-16-/t26?,27-,28+,32?/m0/s1. The van der Waals surface area contributed by atoms with Gasteiger partial charge in [-0.25, -0.2) is 14.7 Å². The number of nitrogens with zero attached hydrogens (tertiary/aromatic N) is 2. The first kappa shape index (κ1) is 25.3. The van der Waals surface area contributed by atoms with E-state index in [4.69, 9.17) is 0 Å². The number of halogens is 2. The Labute approximate surface area is 242 Å². The molecule has 4 aromatic carbocycles. The van der Waals surface area contributed by atoms with Crippen LogP contribution in [-0.2, 0) is 15.0 Å².